The van der Waals surface area contributed by atoms with Gasteiger partial charge >= 0.3 is 7.60 Å². The molecule has 0 saturated carbocycles. The van der Waals surface area contributed by atoms with E-state index in [2.05, 4.69) is 0 Å². The quantitative estimate of drug-likeness (QED) is 0.609. The highest BCUT2D eigenvalue weighted by molar-refractivity contribution is 7.53. The standard InChI is InChI=1S/C20H19O4P/c21-19(16-10-4-1-5-11-16)20(25(22,23)24,17-12-6-2-7-13-17)18-14-8-3-9-15-18/h1-15,19,21H,(H2,22,23,24). The maximum atomic E-state index is 12.8. The van der Waals surface area contributed by atoms with E-state index in [-0.39, 0.29) is 0 Å². The lowest BCUT2D eigenvalue weighted by atomic mass is 9.82. The lowest BCUT2D eigenvalue weighted by Gasteiger charge is -2.39. The minimum atomic E-state index is -4.82. The highest BCUT2D eigenvalue weighted by Crippen LogP contribution is 2.66. The molecule has 0 aliphatic rings. The van der Waals surface area contributed by atoms with Gasteiger partial charge < -0.3 is 14.9 Å². The highest BCUT2D eigenvalue weighted by Gasteiger charge is 2.55. The van der Waals surface area contributed by atoms with Crippen LogP contribution in [0, 0.1) is 0 Å². The summed E-state index contributed by atoms with van der Waals surface area (Å²) in [5, 5.41) is 9.29. The van der Waals surface area contributed by atoms with Crippen LogP contribution in [0.5, 0.6) is 0 Å². The zero-order valence-corrected chi connectivity index (χ0v) is 14.3. The minimum Gasteiger partial charge on any atom is -0.386 e. The van der Waals surface area contributed by atoms with Gasteiger partial charge in [-0.05, 0) is 16.7 Å². The molecule has 0 fully saturated rings. The molecule has 0 aromatic heterocycles. The number of aliphatic hydroxyl groups excluding tert-OH is 1. The van der Waals surface area contributed by atoms with Gasteiger partial charge in [-0.25, -0.2) is 0 Å². The van der Waals surface area contributed by atoms with Crippen LogP contribution in [0.2, 0.25) is 0 Å². The van der Waals surface area contributed by atoms with Gasteiger partial charge in [-0.1, -0.05) is 91.0 Å². The highest BCUT2D eigenvalue weighted by atomic mass is 31.2. The third kappa shape index (κ3) is 3.06. The molecule has 1 atom stereocenters. The average Bonchev–Trinajstić information content (AvgIpc) is 2.63. The van der Waals surface area contributed by atoms with Gasteiger partial charge in [0.2, 0.25) is 0 Å². The van der Waals surface area contributed by atoms with Crippen LogP contribution in [0.4, 0.5) is 0 Å². The summed E-state index contributed by atoms with van der Waals surface area (Å²) >= 11 is 0. The fourth-order valence-electron chi connectivity index (χ4n) is 3.24. The van der Waals surface area contributed by atoms with Crippen molar-refractivity contribution in [2.75, 3.05) is 0 Å². The average molecular weight is 354 g/mol. The molecule has 3 aromatic rings. The van der Waals surface area contributed by atoms with E-state index in [9.17, 15) is 19.5 Å². The summed E-state index contributed by atoms with van der Waals surface area (Å²) in [4.78, 5) is 20.8. The molecule has 0 bridgehead atoms. The van der Waals surface area contributed by atoms with Crippen molar-refractivity contribution in [3.8, 4) is 0 Å². The van der Waals surface area contributed by atoms with Crippen LogP contribution < -0.4 is 0 Å². The molecule has 0 spiro atoms. The zero-order valence-electron chi connectivity index (χ0n) is 13.4. The van der Waals surface area contributed by atoms with E-state index in [4.69, 9.17) is 0 Å². The molecular formula is C20H19O4P. The predicted molar refractivity (Wildman–Crippen MR) is 97.1 cm³/mol. The summed E-state index contributed by atoms with van der Waals surface area (Å²) in [6.45, 7) is 0. The number of hydrogen-bond donors (Lipinski definition) is 3. The van der Waals surface area contributed by atoms with Crippen molar-refractivity contribution in [2.45, 2.75) is 11.3 Å². The van der Waals surface area contributed by atoms with Crippen LogP contribution >= 0.6 is 7.60 Å². The Kier molecular flexibility index (Phi) is 4.89. The summed E-state index contributed by atoms with van der Waals surface area (Å²) < 4.78 is 12.8. The second kappa shape index (κ2) is 6.95. The maximum absolute atomic E-state index is 12.8. The molecule has 1 unspecified atom stereocenters. The van der Waals surface area contributed by atoms with Crippen molar-refractivity contribution in [3.05, 3.63) is 108 Å². The van der Waals surface area contributed by atoms with E-state index in [0.29, 0.717) is 16.7 Å². The van der Waals surface area contributed by atoms with Crippen LogP contribution in [0.3, 0.4) is 0 Å². The molecule has 4 nitrogen and oxygen atoms in total. The molecule has 0 saturated heterocycles. The molecule has 0 aliphatic carbocycles. The van der Waals surface area contributed by atoms with Gasteiger partial charge in [-0.15, -0.1) is 0 Å². The summed E-state index contributed by atoms with van der Waals surface area (Å²) in [6.07, 6.45) is -1.42. The Morgan fingerprint density at radius 1 is 0.680 bits per heavy atom. The Balaban J connectivity index is 2.36. The van der Waals surface area contributed by atoms with Crippen molar-refractivity contribution in [1.29, 1.82) is 0 Å². The lowest BCUT2D eigenvalue weighted by Crippen LogP contribution is -2.35. The second-order valence-electron chi connectivity index (χ2n) is 5.86. The van der Waals surface area contributed by atoms with Crippen LogP contribution in [0.25, 0.3) is 0 Å². The largest absolute Gasteiger partial charge is 0.386 e. The predicted octanol–water partition coefficient (Wildman–Crippen LogP) is 3.84. The van der Waals surface area contributed by atoms with E-state index in [1.54, 1.807) is 91.0 Å². The molecular weight excluding hydrogens is 335 g/mol. The molecule has 0 heterocycles. The van der Waals surface area contributed by atoms with Crippen molar-refractivity contribution in [3.63, 3.8) is 0 Å². The van der Waals surface area contributed by atoms with Crippen molar-refractivity contribution >= 4 is 7.60 Å². The van der Waals surface area contributed by atoms with Gasteiger partial charge in [-0.3, -0.25) is 4.57 Å². The molecule has 5 heteroatoms. The lowest BCUT2D eigenvalue weighted by molar-refractivity contribution is 0.124. The second-order valence-corrected chi connectivity index (χ2v) is 7.65. The van der Waals surface area contributed by atoms with Crippen LogP contribution in [0.1, 0.15) is 22.8 Å². The number of rotatable bonds is 5. The minimum absolute atomic E-state index is 0.367. The van der Waals surface area contributed by atoms with Crippen LogP contribution in [0.15, 0.2) is 91.0 Å². The van der Waals surface area contributed by atoms with Gasteiger partial charge in [0, 0.05) is 0 Å². The Labute approximate surface area is 146 Å². The van der Waals surface area contributed by atoms with Crippen LogP contribution in [-0.4, -0.2) is 14.9 Å². The Hall–Kier alpha value is -2.23. The summed E-state index contributed by atoms with van der Waals surface area (Å²) in [5.74, 6) is 0. The number of aliphatic hydroxyl groups is 1. The van der Waals surface area contributed by atoms with Gasteiger partial charge in [-0.2, -0.15) is 0 Å². The van der Waals surface area contributed by atoms with Gasteiger partial charge in [0.15, 0.2) is 5.16 Å². The fraction of sp³-hybridized carbons (Fsp3) is 0.100. The van der Waals surface area contributed by atoms with Crippen molar-refractivity contribution in [2.24, 2.45) is 0 Å². The molecule has 3 N–H and O–H groups in total. The van der Waals surface area contributed by atoms with Crippen molar-refractivity contribution < 1.29 is 19.5 Å². The zero-order chi connectivity index (χ0) is 17.9. The maximum Gasteiger partial charge on any atom is 0.343 e. The summed E-state index contributed by atoms with van der Waals surface area (Å²) in [5.41, 5.74) is 1.18. The first-order valence-corrected chi connectivity index (χ1v) is 9.49. The molecule has 128 valence electrons. The van der Waals surface area contributed by atoms with Gasteiger partial charge in [0.05, 0.1) is 0 Å². The fourth-order valence-corrected chi connectivity index (χ4v) is 4.68. The van der Waals surface area contributed by atoms with Crippen LogP contribution in [-0.2, 0) is 9.72 Å². The third-order valence-electron chi connectivity index (χ3n) is 4.40. The van der Waals surface area contributed by atoms with Gasteiger partial charge in [0.1, 0.15) is 6.10 Å². The normalized spacial score (nSPS) is 13.4. The van der Waals surface area contributed by atoms with Gasteiger partial charge in [0.25, 0.3) is 0 Å². The first kappa shape index (κ1) is 17.6. The Morgan fingerprint density at radius 2 is 1.04 bits per heavy atom. The molecule has 0 aliphatic heterocycles. The Bertz CT molecular complexity index is 820. The van der Waals surface area contributed by atoms with E-state index >= 15 is 0 Å². The molecule has 0 radical (unpaired) electrons. The molecule has 3 rings (SSSR count). The first-order chi connectivity index (χ1) is 12.0. The Morgan fingerprint density at radius 3 is 1.40 bits per heavy atom. The summed E-state index contributed by atoms with van der Waals surface area (Å²) in [7, 11) is -4.82. The van der Waals surface area contributed by atoms with E-state index in [0.717, 1.165) is 0 Å². The van der Waals surface area contributed by atoms with E-state index < -0.39 is 18.9 Å². The monoisotopic (exact) mass is 354 g/mol. The molecule has 0 amide bonds. The first-order valence-electron chi connectivity index (χ1n) is 7.87. The SMILES string of the molecule is O=P(O)(O)C(c1ccccc1)(c1ccccc1)C(O)c1ccccc1. The van der Waals surface area contributed by atoms with Crippen molar-refractivity contribution in [1.82, 2.24) is 0 Å². The third-order valence-corrected chi connectivity index (χ3v) is 6.08. The topological polar surface area (TPSA) is 77.8 Å². The molecule has 3 aromatic carbocycles. The smallest absolute Gasteiger partial charge is 0.343 e. The number of hydrogen-bond acceptors (Lipinski definition) is 2. The van der Waals surface area contributed by atoms with E-state index in [1.807, 2.05) is 0 Å². The number of benzene rings is 3. The van der Waals surface area contributed by atoms with E-state index in [1.165, 1.54) is 0 Å². The molecule has 25 heavy (non-hydrogen) atoms. The summed E-state index contributed by atoms with van der Waals surface area (Å²) in [6, 6.07) is 25.5.